The Morgan fingerprint density at radius 3 is 2.65 bits per heavy atom. The van der Waals surface area contributed by atoms with Crippen LogP contribution in [0.1, 0.15) is 26.8 Å². The lowest BCUT2D eigenvalue weighted by Gasteiger charge is -2.07. The van der Waals surface area contributed by atoms with E-state index < -0.39 is 0 Å². The summed E-state index contributed by atoms with van der Waals surface area (Å²) in [6.07, 6.45) is 0. The molecule has 0 fully saturated rings. The summed E-state index contributed by atoms with van der Waals surface area (Å²) < 4.78 is 1.72. The average Bonchev–Trinajstić information content (AvgIpc) is 3.03. The summed E-state index contributed by atoms with van der Waals surface area (Å²) in [6, 6.07) is 7.72. The van der Waals surface area contributed by atoms with Crippen LogP contribution in [0.15, 0.2) is 29.6 Å². The number of benzene rings is 1. The van der Waals surface area contributed by atoms with E-state index in [1.807, 2.05) is 57.5 Å². The summed E-state index contributed by atoms with van der Waals surface area (Å²) in [5.41, 5.74) is 4.88. The van der Waals surface area contributed by atoms with Crippen LogP contribution in [0.5, 0.6) is 0 Å². The second-order valence-electron chi connectivity index (χ2n) is 5.46. The Labute approximate surface area is 139 Å². The number of aromatic nitrogens is 3. The first-order chi connectivity index (χ1) is 11.0. The van der Waals surface area contributed by atoms with Crippen LogP contribution in [-0.2, 0) is 7.05 Å². The number of thiazole rings is 1. The third-order valence-electron chi connectivity index (χ3n) is 3.77. The number of anilines is 1. The van der Waals surface area contributed by atoms with E-state index in [-0.39, 0.29) is 5.91 Å². The predicted octanol–water partition coefficient (Wildman–Crippen LogP) is 3.72. The van der Waals surface area contributed by atoms with Crippen LogP contribution in [0, 0.1) is 20.8 Å². The molecule has 6 heteroatoms. The molecule has 0 spiro atoms. The van der Waals surface area contributed by atoms with E-state index in [2.05, 4.69) is 15.4 Å². The summed E-state index contributed by atoms with van der Waals surface area (Å²) >= 11 is 1.61. The van der Waals surface area contributed by atoms with Gasteiger partial charge in [-0.15, -0.1) is 11.3 Å². The van der Waals surface area contributed by atoms with Gasteiger partial charge in [-0.05, 0) is 32.9 Å². The number of hydrogen-bond donors (Lipinski definition) is 1. The highest BCUT2D eigenvalue weighted by Crippen LogP contribution is 2.24. The number of nitrogens with one attached hydrogen (secondary N) is 1. The molecule has 1 amide bonds. The van der Waals surface area contributed by atoms with Crippen molar-refractivity contribution in [3.05, 3.63) is 51.6 Å². The van der Waals surface area contributed by atoms with Crippen LogP contribution >= 0.6 is 11.3 Å². The molecule has 0 atom stereocenters. The Bertz CT molecular complexity index is 879. The van der Waals surface area contributed by atoms with Gasteiger partial charge in [-0.1, -0.05) is 12.1 Å². The van der Waals surface area contributed by atoms with E-state index in [9.17, 15) is 4.79 Å². The summed E-state index contributed by atoms with van der Waals surface area (Å²) in [4.78, 5) is 17.0. The lowest BCUT2D eigenvalue weighted by atomic mass is 10.1. The first-order valence-corrected chi connectivity index (χ1v) is 8.18. The molecule has 0 saturated heterocycles. The first kappa shape index (κ1) is 15.4. The molecule has 2 aromatic heterocycles. The summed E-state index contributed by atoms with van der Waals surface area (Å²) in [7, 11) is 1.84. The van der Waals surface area contributed by atoms with Crippen molar-refractivity contribution in [1.29, 1.82) is 0 Å². The molecule has 3 aromatic rings. The average molecular weight is 326 g/mol. The van der Waals surface area contributed by atoms with Gasteiger partial charge in [-0.3, -0.25) is 9.48 Å². The van der Waals surface area contributed by atoms with Gasteiger partial charge in [0.15, 0.2) is 0 Å². The van der Waals surface area contributed by atoms with Crippen molar-refractivity contribution in [2.24, 2.45) is 7.05 Å². The van der Waals surface area contributed by atoms with Crippen molar-refractivity contribution < 1.29 is 4.79 Å². The molecule has 0 saturated carbocycles. The van der Waals surface area contributed by atoms with Gasteiger partial charge in [0.1, 0.15) is 0 Å². The Kier molecular flexibility index (Phi) is 4.00. The molecule has 1 N–H and O–H groups in total. The molecule has 0 aliphatic rings. The quantitative estimate of drug-likeness (QED) is 0.798. The molecule has 0 aliphatic carbocycles. The van der Waals surface area contributed by atoms with Crippen molar-refractivity contribution in [2.45, 2.75) is 20.8 Å². The van der Waals surface area contributed by atoms with Gasteiger partial charge in [0.2, 0.25) is 0 Å². The van der Waals surface area contributed by atoms with E-state index in [1.165, 1.54) is 0 Å². The maximum atomic E-state index is 12.5. The van der Waals surface area contributed by atoms with Crippen molar-refractivity contribution in [1.82, 2.24) is 14.8 Å². The number of carbonyl (C=O) groups is 1. The van der Waals surface area contributed by atoms with Crippen molar-refractivity contribution in [3.63, 3.8) is 0 Å². The highest BCUT2D eigenvalue weighted by Gasteiger charge is 2.17. The number of amides is 1. The predicted molar refractivity (Wildman–Crippen MR) is 92.9 cm³/mol. The number of hydrogen-bond acceptors (Lipinski definition) is 4. The molecule has 0 aliphatic heterocycles. The summed E-state index contributed by atoms with van der Waals surface area (Å²) in [6.45, 7) is 5.72. The molecule has 2 heterocycles. The normalized spacial score (nSPS) is 10.8. The molecule has 23 heavy (non-hydrogen) atoms. The summed E-state index contributed by atoms with van der Waals surface area (Å²) in [5.74, 6) is -0.139. The lowest BCUT2D eigenvalue weighted by Crippen LogP contribution is -2.14. The van der Waals surface area contributed by atoms with Crippen LogP contribution < -0.4 is 5.32 Å². The van der Waals surface area contributed by atoms with E-state index in [1.54, 1.807) is 16.0 Å². The molecule has 0 bridgehead atoms. The first-order valence-electron chi connectivity index (χ1n) is 7.30. The van der Waals surface area contributed by atoms with E-state index in [0.29, 0.717) is 5.56 Å². The molecule has 0 unspecified atom stereocenters. The Morgan fingerprint density at radius 2 is 2.04 bits per heavy atom. The Morgan fingerprint density at radius 1 is 1.26 bits per heavy atom. The fourth-order valence-electron chi connectivity index (χ4n) is 2.55. The smallest absolute Gasteiger partial charge is 0.259 e. The number of aryl methyl sites for hydroxylation is 3. The number of rotatable bonds is 3. The minimum absolute atomic E-state index is 0.139. The molecule has 118 valence electrons. The lowest BCUT2D eigenvalue weighted by molar-refractivity contribution is 0.102. The van der Waals surface area contributed by atoms with Gasteiger partial charge in [0.25, 0.3) is 5.91 Å². The van der Waals surface area contributed by atoms with Crippen molar-refractivity contribution in [2.75, 3.05) is 5.32 Å². The van der Waals surface area contributed by atoms with Gasteiger partial charge in [0, 0.05) is 29.4 Å². The largest absolute Gasteiger partial charge is 0.322 e. The molecular formula is C17H18N4OS. The maximum Gasteiger partial charge on any atom is 0.259 e. The Hall–Kier alpha value is -2.47. The van der Waals surface area contributed by atoms with Gasteiger partial charge in [0.05, 0.1) is 22.0 Å². The minimum atomic E-state index is -0.139. The van der Waals surface area contributed by atoms with Crippen LogP contribution in [0.4, 0.5) is 5.69 Å². The minimum Gasteiger partial charge on any atom is -0.322 e. The number of nitrogens with zero attached hydrogens (tertiary/aromatic N) is 3. The highest BCUT2D eigenvalue weighted by molar-refractivity contribution is 7.09. The molecule has 5 nitrogen and oxygen atoms in total. The highest BCUT2D eigenvalue weighted by atomic mass is 32.1. The second-order valence-corrected chi connectivity index (χ2v) is 6.52. The fraction of sp³-hybridized carbons (Fsp3) is 0.235. The van der Waals surface area contributed by atoms with Crippen molar-refractivity contribution >= 4 is 22.9 Å². The maximum absolute atomic E-state index is 12.5. The Balaban J connectivity index is 1.87. The zero-order valence-electron chi connectivity index (χ0n) is 13.5. The van der Waals surface area contributed by atoms with Gasteiger partial charge in [-0.25, -0.2) is 4.98 Å². The van der Waals surface area contributed by atoms with Gasteiger partial charge >= 0.3 is 0 Å². The zero-order chi connectivity index (χ0) is 16.6. The molecular weight excluding hydrogens is 308 g/mol. The van der Waals surface area contributed by atoms with E-state index >= 15 is 0 Å². The SMILES string of the molecule is Cc1nc(-c2cccc(NC(=O)c3c(C)nn(C)c3C)c2)cs1. The van der Waals surface area contributed by atoms with E-state index in [0.717, 1.165) is 33.3 Å². The van der Waals surface area contributed by atoms with Crippen molar-refractivity contribution in [3.8, 4) is 11.3 Å². The van der Waals surface area contributed by atoms with Crippen LogP contribution in [-0.4, -0.2) is 20.7 Å². The summed E-state index contributed by atoms with van der Waals surface area (Å²) in [5, 5.41) is 10.3. The van der Waals surface area contributed by atoms with Gasteiger partial charge < -0.3 is 5.32 Å². The number of carbonyl (C=O) groups excluding carboxylic acids is 1. The standard InChI is InChI=1S/C17H18N4OS/c1-10-16(11(2)21(4)20-10)17(22)19-14-7-5-6-13(8-14)15-9-23-12(3)18-15/h5-9H,1-4H3,(H,19,22). The molecule has 0 radical (unpaired) electrons. The van der Waals surface area contributed by atoms with Crippen LogP contribution in [0.3, 0.4) is 0 Å². The van der Waals surface area contributed by atoms with Crippen LogP contribution in [0.2, 0.25) is 0 Å². The molecule has 1 aromatic carbocycles. The fourth-order valence-corrected chi connectivity index (χ4v) is 3.17. The third kappa shape index (κ3) is 3.03. The topological polar surface area (TPSA) is 59.8 Å². The third-order valence-corrected chi connectivity index (χ3v) is 4.54. The van der Waals surface area contributed by atoms with E-state index in [4.69, 9.17) is 0 Å². The zero-order valence-corrected chi connectivity index (χ0v) is 14.4. The molecule has 3 rings (SSSR count). The van der Waals surface area contributed by atoms with Gasteiger partial charge in [-0.2, -0.15) is 5.10 Å². The second kappa shape index (κ2) is 5.96. The van der Waals surface area contributed by atoms with Crippen LogP contribution in [0.25, 0.3) is 11.3 Å². The monoisotopic (exact) mass is 326 g/mol.